The zero-order chi connectivity index (χ0) is 11.4. The van der Waals surface area contributed by atoms with E-state index in [-0.39, 0.29) is 0 Å². The predicted molar refractivity (Wildman–Crippen MR) is 56.1 cm³/mol. The van der Waals surface area contributed by atoms with Crippen LogP contribution in [0.5, 0.6) is 0 Å². The molecule has 0 bridgehead atoms. The molecule has 0 aliphatic heterocycles. The monoisotopic (exact) mass is 239 g/mol. The maximum Gasteiger partial charge on any atom is 0.346 e. The van der Waals surface area contributed by atoms with Gasteiger partial charge in [-0.25, -0.2) is 4.79 Å². The van der Waals surface area contributed by atoms with Crippen molar-refractivity contribution < 1.29 is 14.4 Å². The lowest BCUT2D eigenvalue weighted by Crippen LogP contribution is -2.14. The van der Waals surface area contributed by atoms with E-state index >= 15 is 0 Å². The molecule has 0 atom stereocenters. The first-order chi connectivity index (χ1) is 7.77. The first kappa shape index (κ1) is 10.8. The molecule has 2 rings (SSSR count). The fraction of sp³-hybridized carbons (Fsp3) is 0.222. The minimum absolute atomic E-state index is 0.362. The van der Waals surface area contributed by atoms with Crippen LogP contribution in [0.1, 0.15) is 21.1 Å². The molecular formula is C9H9N3O3S. The minimum atomic E-state index is -0.897. The molecule has 2 heterocycles. The Balaban J connectivity index is 1.90. The van der Waals surface area contributed by atoms with Crippen molar-refractivity contribution >= 4 is 17.3 Å². The maximum atomic E-state index is 10.8. The van der Waals surface area contributed by atoms with Gasteiger partial charge in [0.25, 0.3) is 0 Å². The molecule has 2 aromatic rings. The molecule has 0 unspecified atom stereocenters. The van der Waals surface area contributed by atoms with Crippen LogP contribution in [0, 0.1) is 0 Å². The molecule has 0 saturated heterocycles. The number of nitrogens with zero attached hydrogens (tertiary/aromatic N) is 2. The summed E-state index contributed by atoms with van der Waals surface area (Å²) in [6.45, 7) is 0.922. The van der Waals surface area contributed by atoms with Crippen molar-refractivity contribution in [3.63, 3.8) is 0 Å². The summed E-state index contributed by atoms with van der Waals surface area (Å²) in [5, 5.41) is 17.3. The van der Waals surface area contributed by atoms with Crippen molar-refractivity contribution in [3.05, 3.63) is 34.1 Å². The van der Waals surface area contributed by atoms with Crippen LogP contribution in [-0.2, 0) is 13.1 Å². The second kappa shape index (κ2) is 4.86. The van der Waals surface area contributed by atoms with Gasteiger partial charge in [0.2, 0.25) is 6.39 Å². The molecular weight excluding hydrogens is 230 g/mol. The van der Waals surface area contributed by atoms with Gasteiger partial charge in [0.1, 0.15) is 4.88 Å². The number of carbonyl (C=O) groups is 1. The molecule has 0 spiro atoms. The Bertz CT molecular complexity index is 466. The van der Waals surface area contributed by atoms with Crippen molar-refractivity contribution in [2.45, 2.75) is 13.1 Å². The molecule has 0 aliphatic carbocycles. The van der Waals surface area contributed by atoms with Gasteiger partial charge in [0.05, 0.1) is 6.54 Å². The Morgan fingerprint density at radius 3 is 3.12 bits per heavy atom. The lowest BCUT2D eigenvalue weighted by atomic mass is 10.2. The normalized spacial score (nSPS) is 10.5. The van der Waals surface area contributed by atoms with Gasteiger partial charge in [-0.05, 0) is 17.0 Å². The summed E-state index contributed by atoms with van der Waals surface area (Å²) in [4.78, 5) is 15.0. The van der Waals surface area contributed by atoms with Gasteiger partial charge in [0.15, 0.2) is 5.82 Å². The quantitative estimate of drug-likeness (QED) is 0.812. The number of hydrogen-bond donors (Lipinski definition) is 2. The molecule has 0 saturated carbocycles. The van der Waals surface area contributed by atoms with Crippen LogP contribution >= 0.6 is 11.3 Å². The van der Waals surface area contributed by atoms with Crippen molar-refractivity contribution in [2.75, 3.05) is 0 Å². The summed E-state index contributed by atoms with van der Waals surface area (Å²) in [5.41, 5.74) is 0.765. The third kappa shape index (κ3) is 2.44. The van der Waals surface area contributed by atoms with Crippen LogP contribution in [0.15, 0.2) is 22.4 Å². The van der Waals surface area contributed by atoms with E-state index in [2.05, 4.69) is 20.0 Å². The van der Waals surface area contributed by atoms with E-state index < -0.39 is 5.97 Å². The van der Waals surface area contributed by atoms with Gasteiger partial charge >= 0.3 is 5.97 Å². The van der Waals surface area contributed by atoms with E-state index in [1.807, 2.05) is 0 Å². The third-order valence-electron chi connectivity index (χ3n) is 1.95. The summed E-state index contributed by atoms with van der Waals surface area (Å²) in [6.07, 6.45) is 1.25. The van der Waals surface area contributed by atoms with Crippen molar-refractivity contribution in [2.24, 2.45) is 0 Å². The molecule has 6 nitrogen and oxygen atoms in total. The number of aromatic carboxylic acids is 1. The summed E-state index contributed by atoms with van der Waals surface area (Å²) >= 11 is 1.22. The molecule has 0 amide bonds. The van der Waals surface area contributed by atoms with Gasteiger partial charge in [-0.1, -0.05) is 5.16 Å². The minimum Gasteiger partial charge on any atom is -0.477 e. The lowest BCUT2D eigenvalue weighted by Gasteiger charge is -2.00. The summed E-state index contributed by atoms with van der Waals surface area (Å²) < 4.78 is 4.57. The molecule has 2 N–H and O–H groups in total. The Kier molecular flexibility index (Phi) is 3.28. The highest BCUT2D eigenvalue weighted by Gasteiger charge is 2.10. The molecule has 16 heavy (non-hydrogen) atoms. The van der Waals surface area contributed by atoms with E-state index in [9.17, 15) is 4.79 Å². The first-order valence-corrected chi connectivity index (χ1v) is 5.41. The van der Waals surface area contributed by atoms with E-state index in [4.69, 9.17) is 5.11 Å². The molecule has 0 fully saturated rings. The van der Waals surface area contributed by atoms with Crippen LogP contribution in [0.4, 0.5) is 0 Å². The highest BCUT2D eigenvalue weighted by Crippen LogP contribution is 2.16. The number of rotatable bonds is 5. The van der Waals surface area contributed by atoms with E-state index in [1.165, 1.54) is 17.7 Å². The van der Waals surface area contributed by atoms with Gasteiger partial charge < -0.3 is 14.9 Å². The van der Waals surface area contributed by atoms with Gasteiger partial charge in [-0.2, -0.15) is 4.98 Å². The van der Waals surface area contributed by atoms with Crippen LogP contribution in [0.2, 0.25) is 0 Å². The van der Waals surface area contributed by atoms with Crippen molar-refractivity contribution in [1.82, 2.24) is 15.5 Å². The second-order valence-electron chi connectivity index (χ2n) is 3.03. The first-order valence-electron chi connectivity index (χ1n) is 4.53. The number of aromatic nitrogens is 2. The van der Waals surface area contributed by atoms with Gasteiger partial charge in [0, 0.05) is 6.54 Å². The van der Waals surface area contributed by atoms with Crippen LogP contribution < -0.4 is 5.32 Å². The number of hydrogen-bond acceptors (Lipinski definition) is 6. The zero-order valence-corrected chi connectivity index (χ0v) is 9.03. The van der Waals surface area contributed by atoms with Crippen LogP contribution in [0.3, 0.4) is 0 Å². The zero-order valence-electron chi connectivity index (χ0n) is 8.21. The fourth-order valence-corrected chi connectivity index (χ4v) is 2.00. The Morgan fingerprint density at radius 2 is 2.44 bits per heavy atom. The average molecular weight is 239 g/mol. The number of thiophene rings is 1. The van der Waals surface area contributed by atoms with Crippen LogP contribution in [-0.4, -0.2) is 21.2 Å². The van der Waals surface area contributed by atoms with E-state index in [0.717, 1.165) is 5.56 Å². The lowest BCUT2D eigenvalue weighted by molar-refractivity contribution is 0.0701. The topological polar surface area (TPSA) is 88.2 Å². The largest absolute Gasteiger partial charge is 0.477 e. The van der Waals surface area contributed by atoms with E-state index in [0.29, 0.717) is 23.8 Å². The molecule has 0 aromatic carbocycles. The molecule has 2 aromatic heterocycles. The van der Waals surface area contributed by atoms with Crippen molar-refractivity contribution in [1.29, 1.82) is 0 Å². The molecule has 0 radical (unpaired) electrons. The highest BCUT2D eigenvalue weighted by molar-refractivity contribution is 7.12. The fourth-order valence-electron chi connectivity index (χ4n) is 1.24. The summed E-state index contributed by atoms with van der Waals surface area (Å²) in [6, 6.07) is 1.79. The van der Waals surface area contributed by atoms with Gasteiger partial charge in [-0.3, -0.25) is 0 Å². The number of carboxylic acid groups (broad SMARTS) is 1. The standard InChI is InChI=1S/C9H9N3O3S/c13-9(14)8-6(1-2-16-8)3-10-4-7-11-5-15-12-7/h1-2,5,10H,3-4H2,(H,13,14). The Labute approximate surface area is 94.9 Å². The SMILES string of the molecule is O=C(O)c1sccc1CNCc1ncon1. The third-order valence-corrected chi connectivity index (χ3v) is 2.89. The number of nitrogens with one attached hydrogen (secondary N) is 1. The second-order valence-corrected chi connectivity index (χ2v) is 3.95. The predicted octanol–water partition coefficient (Wildman–Crippen LogP) is 1.12. The van der Waals surface area contributed by atoms with Gasteiger partial charge in [-0.15, -0.1) is 11.3 Å². The number of carboxylic acids is 1. The molecule has 7 heteroatoms. The van der Waals surface area contributed by atoms with Crippen LogP contribution in [0.25, 0.3) is 0 Å². The molecule has 84 valence electrons. The molecule has 0 aliphatic rings. The smallest absolute Gasteiger partial charge is 0.346 e. The van der Waals surface area contributed by atoms with E-state index in [1.54, 1.807) is 11.4 Å². The summed E-state index contributed by atoms with van der Waals surface area (Å²) in [7, 11) is 0. The highest BCUT2D eigenvalue weighted by atomic mass is 32.1. The average Bonchev–Trinajstić information content (AvgIpc) is 2.87. The maximum absolute atomic E-state index is 10.8. The Morgan fingerprint density at radius 1 is 1.56 bits per heavy atom. The summed E-state index contributed by atoms with van der Waals surface area (Å²) in [5.74, 6) is -0.349. The Hall–Kier alpha value is -1.73. The van der Waals surface area contributed by atoms with Crippen molar-refractivity contribution in [3.8, 4) is 0 Å².